The minimum atomic E-state index is 0.828. The van der Waals surface area contributed by atoms with E-state index in [2.05, 4.69) is 28.7 Å². The minimum absolute atomic E-state index is 0.828. The van der Waals surface area contributed by atoms with Gasteiger partial charge in [-0.25, -0.2) is 0 Å². The second-order valence-electron chi connectivity index (χ2n) is 7.05. The molecule has 3 saturated heterocycles. The van der Waals surface area contributed by atoms with Gasteiger partial charge in [-0.3, -0.25) is 9.80 Å². The molecule has 3 aliphatic rings. The molecule has 0 amide bonds. The van der Waals surface area contributed by atoms with Crippen molar-refractivity contribution in [3.63, 3.8) is 0 Å². The van der Waals surface area contributed by atoms with Crippen LogP contribution in [0.15, 0.2) is 0 Å². The van der Waals surface area contributed by atoms with Crippen LogP contribution in [0.25, 0.3) is 0 Å². The largest absolute Gasteiger partial charge is 0.306 e. The Kier molecular flexibility index (Phi) is 4.45. The highest BCUT2D eigenvalue weighted by molar-refractivity contribution is 4.92. The van der Waals surface area contributed by atoms with Crippen LogP contribution < -0.4 is 0 Å². The van der Waals surface area contributed by atoms with Gasteiger partial charge in [-0.1, -0.05) is 6.92 Å². The smallest absolute Gasteiger partial charge is 0.0224 e. The molecule has 0 aliphatic carbocycles. The Bertz CT molecular complexity index is 286. The summed E-state index contributed by atoms with van der Waals surface area (Å²) >= 11 is 0. The standard InChI is InChI=1S/C16H31N3/c1-3-15-12-18-8-4-5-16(18)13-19(15)11-14-6-9-17(2)10-7-14/h14-16H,3-13H2,1-2H3. The maximum atomic E-state index is 2.85. The fourth-order valence-corrected chi connectivity index (χ4v) is 4.34. The van der Waals surface area contributed by atoms with E-state index >= 15 is 0 Å². The molecule has 19 heavy (non-hydrogen) atoms. The minimum Gasteiger partial charge on any atom is -0.306 e. The first-order valence-electron chi connectivity index (χ1n) is 8.43. The van der Waals surface area contributed by atoms with Crippen LogP contribution in [-0.2, 0) is 0 Å². The Labute approximate surface area is 118 Å². The lowest BCUT2D eigenvalue weighted by Crippen LogP contribution is -2.57. The fourth-order valence-electron chi connectivity index (χ4n) is 4.34. The molecule has 3 heteroatoms. The van der Waals surface area contributed by atoms with Crippen molar-refractivity contribution in [1.82, 2.24) is 14.7 Å². The molecule has 0 aromatic carbocycles. The van der Waals surface area contributed by atoms with E-state index in [1.807, 2.05) is 0 Å². The summed E-state index contributed by atoms with van der Waals surface area (Å²) in [7, 11) is 2.27. The number of piperazine rings is 1. The maximum Gasteiger partial charge on any atom is 0.0224 e. The van der Waals surface area contributed by atoms with Crippen LogP contribution in [0.1, 0.15) is 39.0 Å². The van der Waals surface area contributed by atoms with Gasteiger partial charge in [0.1, 0.15) is 0 Å². The van der Waals surface area contributed by atoms with E-state index in [0.717, 1.165) is 18.0 Å². The lowest BCUT2D eigenvalue weighted by molar-refractivity contribution is 0.0303. The summed E-state index contributed by atoms with van der Waals surface area (Å²) in [6, 6.07) is 1.71. The van der Waals surface area contributed by atoms with Gasteiger partial charge in [0.15, 0.2) is 0 Å². The molecule has 0 N–H and O–H groups in total. The van der Waals surface area contributed by atoms with Crippen LogP contribution in [0.4, 0.5) is 0 Å². The first kappa shape index (κ1) is 13.8. The summed E-state index contributed by atoms with van der Waals surface area (Å²) in [6.07, 6.45) is 7.04. The second-order valence-corrected chi connectivity index (χ2v) is 7.05. The molecule has 0 spiro atoms. The summed E-state index contributed by atoms with van der Waals surface area (Å²) in [5, 5.41) is 0. The molecular weight excluding hydrogens is 234 g/mol. The quantitative estimate of drug-likeness (QED) is 0.771. The average molecular weight is 265 g/mol. The van der Waals surface area contributed by atoms with E-state index in [1.165, 1.54) is 71.4 Å². The number of fused-ring (bicyclic) bond motifs is 1. The van der Waals surface area contributed by atoms with Gasteiger partial charge in [0.05, 0.1) is 0 Å². The molecule has 0 aromatic rings. The molecule has 2 unspecified atom stereocenters. The van der Waals surface area contributed by atoms with Crippen molar-refractivity contribution in [2.45, 2.75) is 51.1 Å². The van der Waals surface area contributed by atoms with Crippen LogP contribution in [0, 0.1) is 5.92 Å². The average Bonchev–Trinajstić information content (AvgIpc) is 2.87. The second kappa shape index (κ2) is 6.11. The SMILES string of the molecule is CCC1CN2CCCC2CN1CC1CCN(C)CC1. The normalized spacial score (nSPS) is 35.7. The Morgan fingerprint density at radius 3 is 2.53 bits per heavy atom. The molecule has 3 fully saturated rings. The summed E-state index contributed by atoms with van der Waals surface area (Å²) in [6.45, 7) is 10.4. The van der Waals surface area contributed by atoms with Gasteiger partial charge in [-0.2, -0.15) is 0 Å². The first-order valence-corrected chi connectivity index (χ1v) is 8.43. The molecular formula is C16H31N3. The van der Waals surface area contributed by atoms with Crippen molar-refractivity contribution in [2.75, 3.05) is 46.3 Å². The van der Waals surface area contributed by atoms with Crippen LogP contribution in [0.2, 0.25) is 0 Å². The van der Waals surface area contributed by atoms with Gasteiger partial charge in [0.25, 0.3) is 0 Å². The zero-order chi connectivity index (χ0) is 13.2. The predicted octanol–water partition coefficient (Wildman–Crippen LogP) is 1.89. The third-order valence-electron chi connectivity index (χ3n) is 5.71. The summed E-state index contributed by atoms with van der Waals surface area (Å²) in [5.41, 5.74) is 0. The van der Waals surface area contributed by atoms with Crippen molar-refractivity contribution >= 4 is 0 Å². The number of piperidine rings is 1. The Balaban J connectivity index is 1.56. The zero-order valence-electron chi connectivity index (χ0n) is 12.9. The van der Waals surface area contributed by atoms with Crippen molar-refractivity contribution in [3.8, 4) is 0 Å². The molecule has 110 valence electrons. The third-order valence-corrected chi connectivity index (χ3v) is 5.71. The molecule has 3 heterocycles. The Morgan fingerprint density at radius 1 is 1.00 bits per heavy atom. The van der Waals surface area contributed by atoms with E-state index in [9.17, 15) is 0 Å². The van der Waals surface area contributed by atoms with E-state index < -0.39 is 0 Å². The van der Waals surface area contributed by atoms with E-state index in [4.69, 9.17) is 0 Å². The number of hydrogen-bond acceptors (Lipinski definition) is 3. The summed E-state index contributed by atoms with van der Waals surface area (Å²) < 4.78 is 0. The first-order chi connectivity index (χ1) is 9.26. The lowest BCUT2D eigenvalue weighted by Gasteiger charge is -2.45. The van der Waals surface area contributed by atoms with Gasteiger partial charge < -0.3 is 4.90 Å². The molecule has 3 nitrogen and oxygen atoms in total. The highest BCUT2D eigenvalue weighted by Crippen LogP contribution is 2.28. The van der Waals surface area contributed by atoms with Gasteiger partial charge in [-0.05, 0) is 64.7 Å². The zero-order valence-corrected chi connectivity index (χ0v) is 12.9. The maximum absolute atomic E-state index is 2.85. The topological polar surface area (TPSA) is 9.72 Å². The number of likely N-dealkylation sites (tertiary alicyclic amines) is 1. The van der Waals surface area contributed by atoms with Crippen LogP contribution >= 0.6 is 0 Å². The van der Waals surface area contributed by atoms with Crippen molar-refractivity contribution in [1.29, 1.82) is 0 Å². The van der Waals surface area contributed by atoms with E-state index in [0.29, 0.717) is 0 Å². The lowest BCUT2D eigenvalue weighted by atomic mass is 9.94. The number of nitrogens with zero attached hydrogens (tertiary/aromatic N) is 3. The number of rotatable bonds is 3. The van der Waals surface area contributed by atoms with Crippen molar-refractivity contribution in [3.05, 3.63) is 0 Å². The Hall–Kier alpha value is -0.120. The predicted molar refractivity (Wildman–Crippen MR) is 80.5 cm³/mol. The summed E-state index contributed by atoms with van der Waals surface area (Å²) in [5.74, 6) is 0.957. The summed E-state index contributed by atoms with van der Waals surface area (Å²) in [4.78, 5) is 8.10. The molecule has 0 radical (unpaired) electrons. The van der Waals surface area contributed by atoms with Gasteiger partial charge in [0, 0.05) is 31.7 Å². The van der Waals surface area contributed by atoms with Crippen molar-refractivity contribution in [2.24, 2.45) is 5.92 Å². The van der Waals surface area contributed by atoms with Crippen LogP contribution in [-0.4, -0.2) is 73.1 Å². The fraction of sp³-hybridized carbons (Fsp3) is 1.00. The molecule has 3 aliphatic heterocycles. The molecule has 2 atom stereocenters. The van der Waals surface area contributed by atoms with Gasteiger partial charge in [0.2, 0.25) is 0 Å². The highest BCUT2D eigenvalue weighted by Gasteiger charge is 2.36. The van der Waals surface area contributed by atoms with Gasteiger partial charge >= 0.3 is 0 Å². The van der Waals surface area contributed by atoms with E-state index in [1.54, 1.807) is 0 Å². The highest BCUT2D eigenvalue weighted by atomic mass is 15.3. The van der Waals surface area contributed by atoms with Gasteiger partial charge in [-0.15, -0.1) is 0 Å². The van der Waals surface area contributed by atoms with Crippen molar-refractivity contribution < 1.29 is 0 Å². The van der Waals surface area contributed by atoms with Crippen LogP contribution in [0.3, 0.4) is 0 Å². The molecule has 0 bridgehead atoms. The monoisotopic (exact) mass is 265 g/mol. The third kappa shape index (κ3) is 3.14. The number of hydrogen-bond donors (Lipinski definition) is 0. The van der Waals surface area contributed by atoms with Crippen LogP contribution in [0.5, 0.6) is 0 Å². The molecule has 0 aromatic heterocycles. The molecule has 3 rings (SSSR count). The van der Waals surface area contributed by atoms with E-state index in [-0.39, 0.29) is 0 Å². The molecule has 0 saturated carbocycles. The Morgan fingerprint density at radius 2 is 1.79 bits per heavy atom.